The van der Waals surface area contributed by atoms with Gasteiger partial charge in [-0.3, -0.25) is 0 Å². The van der Waals surface area contributed by atoms with E-state index in [9.17, 15) is 13.5 Å². The largest absolute Gasteiger partial charge is 0.389 e. The van der Waals surface area contributed by atoms with Gasteiger partial charge in [-0.1, -0.05) is 12.1 Å². The van der Waals surface area contributed by atoms with Crippen molar-refractivity contribution < 1.29 is 13.5 Å². The number of sulfonamides is 1. The first-order chi connectivity index (χ1) is 8.71. The molecule has 0 saturated heterocycles. The van der Waals surface area contributed by atoms with Crippen molar-refractivity contribution in [2.24, 2.45) is 0 Å². The van der Waals surface area contributed by atoms with Crippen LogP contribution in [0.2, 0.25) is 0 Å². The molecule has 5 nitrogen and oxygen atoms in total. The van der Waals surface area contributed by atoms with Crippen LogP contribution in [0.5, 0.6) is 0 Å². The van der Waals surface area contributed by atoms with Gasteiger partial charge in [0.25, 0.3) is 0 Å². The molecule has 0 aliphatic heterocycles. The van der Waals surface area contributed by atoms with Gasteiger partial charge in [-0.15, -0.1) is 0 Å². The topological polar surface area (TPSA) is 69.6 Å². The van der Waals surface area contributed by atoms with E-state index < -0.39 is 15.6 Å². The Morgan fingerprint density at radius 1 is 1.32 bits per heavy atom. The maximum atomic E-state index is 12.0. The Hall–Kier alpha value is -1.11. The Kier molecular flexibility index (Phi) is 4.95. The number of aliphatic hydroxyl groups is 1. The highest BCUT2D eigenvalue weighted by atomic mass is 32.2. The highest BCUT2D eigenvalue weighted by Gasteiger charge is 2.23. The summed E-state index contributed by atoms with van der Waals surface area (Å²) >= 11 is 0. The molecule has 0 bridgehead atoms. The van der Waals surface area contributed by atoms with Crippen molar-refractivity contribution in [3.63, 3.8) is 0 Å². The molecule has 0 aromatic heterocycles. The van der Waals surface area contributed by atoms with Gasteiger partial charge in [0.05, 0.1) is 11.3 Å². The Morgan fingerprint density at radius 3 is 2.37 bits per heavy atom. The summed E-state index contributed by atoms with van der Waals surface area (Å²) in [6.45, 7) is 6.30. The van der Waals surface area contributed by atoms with Crippen LogP contribution in [0.15, 0.2) is 29.2 Å². The first-order valence-electron chi connectivity index (χ1n) is 6.21. The molecule has 2 N–H and O–H groups in total. The standard InChI is InChI=1S/C13H22N2O3S/c1-5-15(10-13(2,3)16)11-8-6-7-9-12(11)19(17,18)14-4/h6-9,14,16H,5,10H2,1-4H3. The monoisotopic (exact) mass is 286 g/mol. The number of anilines is 1. The smallest absolute Gasteiger partial charge is 0.242 e. The SMILES string of the molecule is CCN(CC(C)(C)O)c1ccccc1S(=O)(=O)NC. The Morgan fingerprint density at radius 2 is 1.89 bits per heavy atom. The fourth-order valence-electron chi connectivity index (χ4n) is 1.89. The maximum Gasteiger partial charge on any atom is 0.242 e. The number of nitrogens with one attached hydrogen (secondary N) is 1. The van der Waals surface area contributed by atoms with Crippen molar-refractivity contribution in [2.75, 3.05) is 25.0 Å². The van der Waals surface area contributed by atoms with Gasteiger partial charge in [0.15, 0.2) is 0 Å². The molecule has 108 valence electrons. The summed E-state index contributed by atoms with van der Waals surface area (Å²) in [7, 11) is -2.13. The first kappa shape index (κ1) is 15.9. The van der Waals surface area contributed by atoms with Crippen LogP contribution in [0.3, 0.4) is 0 Å². The minimum atomic E-state index is -3.51. The minimum absolute atomic E-state index is 0.226. The Bertz CT molecular complexity index is 521. The zero-order valence-electron chi connectivity index (χ0n) is 11.8. The second-order valence-electron chi connectivity index (χ2n) is 5.00. The lowest BCUT2D eigenvalue weighted by Crippen LogP contribution is -2.39. The fraction of sp³-hybridized carbons (Fsp3) is 0.538. The lowest BCUT2D eigenvalue weighted by molar-refractivity contribution is 0.0874. The van der Waals surface area contributed by atoms with Crippen LogP contribution >= 0.6 is 0 Å². The van der Waals surface area contributed by atoms with E-state index in [1.165, 1.54) is 7.05 Å². The molecule has 0 fully saturated rings. The summed E-state index contributed by atoms with van der Waals surface area (Å²) in [6.07, 6.45) is 0. The van der Waals surface area contributed by atoms with E-state index in [4.69, 9.17) is 0 Å². The number of rotatable bonds is 6. The average Bonchev–Trinajstić information content (AvgIpc) is 2.35. The molecular weight excluding hydrogens is 264 g/mol. The van der Waals surface area contributed by atoms with Crippen molar-refractivity contribution >= 4 is 15.7 Å². The van der Waals surface area contributed by atoms with Crippen molar-refractivity contribution in [1.29, 1.82) is 0 Å². The molecule has 0 radical (unpaired) electrons. The summed E-state index contributed by atoms with van der Waals surface area (Å²) in [5, 5.41) is 9.92. The van der Waals surface area contributed by atoms with Gasteiger partial charge in [0.2, 0.25) is 10.0 Å². The number of para-hydroxylation sites is 1. The predicted molar refractivity (Wildman–Crippen MR) is 76.9 cm³/mol. The van der Waals surface area contributed by atoms with Gasteiger partial charge < -0.3 is 10.0 Å². The summed E-state index contributed by atoms with van der Waals surface area (Å²) < 4.78 is 26.3. The van der Waals surface area contributed by atoms with Crippen LogP contribution in [-0.2, 0) is 10.0 Å². The summed E-state index contributed by atoms with van der Waals surface area (Å²) in [5.41, 5.74) is -0.298. The molecule has 0 saturated carbocycles. The molecule has 0 amide bonds. The van der Waals surface area contributed by atoms with Crippen LogP contribution in [0.25, 0.3) is 0 Å². The van der Waals surface area contributed by atoms with Crippen molar-refractivity contribution in [1.82, 2.24) is 4.72 Å². The molecule has 0 aliphatic carbocycles. The van der Waals surface area contributed by atoms with E-state index in [1.807, 2.05) is 11.8 Å². The molecule has 0 spiro atoms. The van der Waals surface area contributed by atoms with Gasteiger partial charge in [0.1, 0.15) is 4.90 Å². The third-order valence-electron chi connectivity index (χ3n) is 2.72. The highest BCUT2D eigenvalue weighted by molar-refractivity contribution is 7.89. The van der Waals surface area contributed by atoms with Gasteiger partial charge in [-0.05, 0) is 40.0 Å². The third-order valence-corrected chi connectivity index (χ3v) is 4.19. The average molecular weight is 286 g/mol. The van der Waals surface area contributed by atoms with Crippen LogP contribution in [0, 0.1) is 0 Å². The van der Waals surface area contributed by atoms with Crippen LogP contribution in [0.1, 0.15) is 20.8 Å². The van der Waals surface area contributed by atoms with Crippen LogP contribution < -0.4 is 9.62 Å². The number of benzene rings is 1. The van der Waals surface area contributed by atoms with Crippen LogP contribution in [0.4, 0.5) is 5.69 Å². The number of hydrogen-bond donors (Lipinski definition) is 2. The quantitative estimate of drug-likeness (QED) is 0.824. The van der Waals surface area contributed by atoms with Crippen molar-refractivity contribution in [2.45, 2.75) is 31.3 Å². The predicted octanol–water partition coefficient (Wildman–Crippen LogP) is 1.19. The summed E-state index contributed by atoms with van der Waals surface area (Å²) in [4.78, 5) is 2.08. The van der Waals surface area contributed by atoms with Gasteiger partial charge in [-0.2, -0.15) is 0 Å². The Balaban J connectivity index is 3.26. The van der Waals surface area contributed by atoms with E-state index in [2.05, 4.69) is 4.72 Å². The van der Waals surface area contributed by atoms with Crippen LogP contribution in [-0.4, -0.2) is 39.3 Å². The summed E-state index contributed by atoms with van der Waals surface area (Å²) in [5.74, 6) is 0. The molecule has 0 unspecified atom stereocenters. The van der Waals surface area contributed by atoms with Gasteiger partial charge in [0, 0.05) is 13.1 Å². The molecule has 0 atom stereocenters. The van der Waals surface area contributed by atoms with E-state index in [0.29, 0.717) is 18.8 Å². The van der Waals surface area contributed by atoms with E-state index in [0.717, 1.165) is 0 Å². The highest BCUT2D eigenvalue weighted by Crippen LogP contribution is 2.25. The normalized spacial score (nSPS) is 12.5. The molecule has 0 heterocycles. The van der Waals surface area contributed by atoms with Crippen molar-refractivity contribution in [3.8, 4) is 0 Å². The maximum absolute atomic E-state index is 12.0. The number of hydrogen-bond acceptors (Lipinski definition) is 4. The van der Waals surface area contributed by atoms with Gasteiger partial charge >= 0.3 is 0 Å². The van der Waals surface area contributed by atoms with Gasteiger partial charge in [-0.25, -0.2) is 13.1 Å². The second-order valence-corrected chi connectivity index (χ2v) is 6.86. The lowest BCUT2D eigenvalue weighted by atomic mass is 10.1. The molecule has 1 rings (SSSR count). The molecule has 1 aromatic carbocycles. The fourth-order valence-corrected chi connectivity index (χ4v) is 2.84. The zero-order valence-corrected chi connectivity index (χ0v) is 12.7. The Labute approximate surface area is 115 Å². The molecule has 19 heavy (non-hydrogen) atoms. The summed E-state index contributed by atoms with van der Waals surface area (Å²) in [6, 6.07) is 6.79. The molecule has 1 aromatic rings. The second kappa shape index (κ2) is 5.90. The zero-order chi connectivity index (χ0) is 14.7. The molecular formula is C13H22N2O3S. The lowest BCUT2D eigenvalue weighted by Gasteiger charge is -2.31. The van der Waals surface area contributed by atoms with Crippen molar-refractivity contribution in [3.05, 3.63) is 24.3 Å². The number of likely N-dealkylation sites (N-methyl/N-ethyl adjacent to an activating group) is 1. The van der Waals surface area contributed by atoms with E-state index in [1.54, 1.807) is 38.1 Å². The first-order valence-corrected chi connectivity index (χ1v) is 7.69. The molecule has 6 heteroatoms. The minimum Gasteiger partial charge on any atom is -0.389 e. The van der Waals surface area contributed by atoms with E-state index >= 15 is 0 Å². The molecule has 0 aliphatic rings. The van der Waals surface area contributed by atoms with E-state index in [-0.39, 0.29) is 4.90 Å². The third kappa shape index (κ3) is 4.19. The number of nitrogens with zero attached hydrogens (tertiary/aromatic N) is 1.